The Morgan fingerprint density at radius 2 is 2.13 bits per heavy atom. The van der Waals surface area contributed by atoms with Crippen LogP contribution in [0.1, 0.15) is 37.7 Å². The quantitative estimate of drug-likeness (QED) is 0.457. The van der Waals surface area contributed by atoms with Crippen molar-refractivity contribution < 1.29 is 10.1 Å². The molecule has 0 radical (unpaired) electrons. The van der Waals surface area contributed by atoms with Gasteiger partial charge in [0, 0.05) is 30.8 Å². The fraction of sp³-hybridized carbons (Fsp3) is 0.455. The molecule has 2 aromatic heterocycles. The van der Waals surface area contributed by atoms with Crippen LogP contribution in [0, 0.1) is 11.3 Å². The van der Waals surface area contributed by atoms with E-state index in [2.05, 4.69) is 31.6 Å². The van der Waals surface area contributed by atoms with Crippen LogP contribution in [-0.2, 0) is 0 Å². The van der Waals surface area contributed by atoms with Gasteiger partial charge in [-0.3, -0.25) is 10.3 Å². The summed E-state index contributed by atoms with van der Waals surface area (Å²) in [6, 6.07) is 7.65. The number of amides is 2. The maximum absolute atomic E-state index is 12.2. The maximum Gasteiger partial charge on any atom is 0.320 e. The molecule has 8 nitrogen and oxygen atoms in total. The number of fused-ring (bicyclic) bond motifs is 1. The SMILES string of the molecule is CN(C)CCC[NH2+]/C=C(\C#N)c1cnc2ccc(NC(=O)NC3CCCC3)nc2c1. The number of quaternary nitrogens is 1. The zero-order chi connectivity index (χ0) is 21.3. The second-order valence-corrected chi connectivity index (χ2v) is 7.91. The number of hydrogen-bond donors (Lipinski definition) is 3. The van der Waals surface area contributed by atoms with Crippen LogP contribution in [0.2, 0.25) is 0 Å². The average molecular weight is 409 g/mol. The van der Waals surface area contributed by atoms with Gasteiger partial charge >= 0.3 is 6.03 Å². The standard InChI is InChI=1S/C22H29N7O/c1-29(2)11-5-10-24-14-17(13-23)16-12-20-19(25-15-16)8-9-21(27-20)28-22(30)26-18-6-3-4-7-18/h8-9,12,14-15,18,24H,3-7,10-11H2,1-2H3,(H2,26,27,28,30)/p+1/b17-14+. The Hall–Kier alpha value is -3.02. The first-order chi connectivity index (χ1) is 14.5. The molecule has 0 saturated heterocycles. The number of anilines is 1. The van der Waals surface area contributed by atoms with Crippen molar-refractivity contribution in [1.82, 2.24) is 20.2 Å². The molecule has 1 aliphatic carbocycles. The molecular weight excluding hydrogens is 378 g/mol. The van der Waals surface area contributed by atoms with Crippen LogP contribution < -0.4 is 16.0 Å². The van der Waals surface area contributed by atoms with Crippen molar-refractivity contribution in [3.05, 3.63) is 36.2 Å². The van der Waals surface area contributed by atoms with E-state index in [1.165, 1.54) is 0 Å². The van der Waals surface area contributed by atoms with E-state index >= 15 is 0 Å². The third-order valence-electron chi connectivity index (χ3n) is 5.16. The minimum atomic E-state index is -0.234. The third-order valence-corrected chi connectivity index (χ3v) is 5.16. The fourth-order valence-electron chi connectivity index (χ4n) is 3.56. The Kier molecular flexibility index (Phi) is 7.71. The predicted molar refractivity (Wildman–Crippen MR) is 118 cm³/mol. The molecule has 0 bridgehead atoms. The molecule has 0 spiro atoms. The summed E-state index contributed by atoms with van der Waals surface area (Å²) in [7, 11) is 4.09. The number of allylic oxidation sites excluding steroid dienone is 1. The highest BCUT2D eigenvalue weighted by Gasteiger charge is 2.17. The lowest BCUT2D eigenvalue weighted by molar-refractivity contribution is -0.587. The number of rotatable bonds is 8. The summed E-state index contributed by atoms with van der Waals surface area (Å²) in [6.45, 7) is 1.92. The van der Waals surface area contributed by atoms with Gasteiger partial charge in [0.25, 0.3) is 0 Å². The van der Waals surface area contributed by atoms with Crippen LogP contribution in [-0.4, -0.2) is 54.1 Å². The maximum atomic E-state index is 12.2. The number of aromatic nitrogens is 2. The lowest BCUT2D eigenvalue weighted by atomic mass is 10.1. The van der Waals surface area contributed by atoms with E-state index in [4.69, 9.17) is 0 Å². The molecule has 4 N–H and O–H groups in total. The highest BCUT2D eigenvalue weighted by Crippen LogP contribution is 2.20. The summed E-state index contributed by atoms with van der Waals surface area (Å²) in [5.41, 5.74) is 2.62. The summed E-state index contributed by atoms with van der Waals surface area (Å²) in [5.74, 6) is 0.467. The zero-order valence-electron chi connectivity index (χ0n) is 17.7. The zero-order valence-corrected chi connectivity index (χ0v) is 17.7. The highest BCUT2D eigenvalue weighted by atomic mass is 16.2. The Bertz CT molecular complexity index is 942. The summed E-state index contributed by atoms with van der Waals surface area (Å²) >= 11 is 0. The Balaban J connectivity index is 1.67. The fourth-order valence-corrected chi connectivity index (χ4v) is 3.56. The molecule has 1 aliphatic rings. The molecule has 2 heterocycles. The second kappa shape index (κ2) is 10.7. The van der Waals surface area contributed by atoms with Gasteiger partial charge in [-0.1, -0.05) is 12.8 Å². The summed E-state index contributed by atoms with van der Waals surface area (Å²) < 4.78 is 0. The number of pyridine rings is 2. The van der Waals surface area contributed by atoms with Crippen molar-refractivity contribution in [1.29, 1.82) is 5.26 Å². The summed E-state index contributed by atoms with van der Waals surface area (Å²) in [4.78, 5) is 23.3. The van der Waals surface area contributed by atoms with Gasteiger partial charge in [-0.2, -0.15) is 5.26 Å². The predicted octanol–water partition coefficient (Wildman–Crippen LogP) is 2.07. The molecule has 0 aliphatic heterocycles. The molecule has 2 aromatic rings. The lowest BCUT2D eigenvalue weighted by Gasteiger charge is -2.12. The van der Waals surface area contributed by atoms with Gasteiger partial charge in [0.2, 0.25) is 0 Å². The van der Waals surface area contributed by atoms with Crippen LogP contribution >= 0.6 is 0 Å². The molecule has 2 amide bonds. The van der Waals surface area contributed by atoms with Gasteiger partial charge in [-0.25, -0.2) is 9.78 Å². The number of nitrogens with two attached hydrogens (primary N) is 1. The van der Waals surface area contributed by atoms with Gasteiger partial charge in [0.1, 0.15) is 23.7 Å². The van der Waals surface area contributed by atoms with Crippen molar-refractivity contribution in [2.24, 2.45) is 0 Å². The number of nitrogens with one attached hydrogen (secondary N) is 2. The largest absolute Gasteiger partial charge is 0.335 e. The van der Waals surface area contributed by atoms with Crippen molar-refractivity contribution in [2.45, 2.75) is 38.1 Å². The number of carbonyl (C=O) groups is 1. The molecule has 1 fully saturated rings. The molecule has 3 rings (SSSR count). The van der Waals surface area contributed by atoms with E-state index in [1.807, 2.05) is 37.7 Å². The van der Waals surface area contributed by atoms with E-state index in [0.717, 1.165) is 45.2 Å². The number of hydrogen-bond acceptors (Lipinski definition) is 5. The van der Waals surface area contributed by atoms with Crippen LogP contribution in [0.4, 0.5) is 10.6 Å². The third kappa shape index (κ3) is 6.24. The topological polar surface area (TPSA) is 111 Å². The van der Waals surface area contributed by atoms with Crippen molar-refractivity contribution >= 4 is 28.5 Å². The average Bonchev–Trinajstić information content (AvgIpc) is 3.23. The molecule has 30 heavy (non-hydrogen) atoms. The number of nitrogens with zero attached hydrogens (tertiary/aromatic N) is 4. The van der Waals surface area contributed by atoms with Crippen LogP contribution in [0.3, 0.4) is 0 Å². The van der Waals surface area contributed by atoms with Crippen LogP contribution in [0.15, 0.2) is 30.6 Å². The molecule has 0 unspecified atom stereocenters. The van der Waals surface area contributed by atoms with Crippen molar-refractivity contribution in [3.63, 3.8) is 0 Å². The number of nitriles is 1. The minimum absolute atomic E-state index is 0.234. The minimum Gasteiger partial charge on any atom is -0.335 e. The van der Waals surface area contributed by atoms with Gasteiger partial charge < -0.3 is 15.5 Å². The Morgan fingerprint density at radius 1 is 1.33 bits per heavy atom. The normalized spacial score (nSPS) is 14.8. The number of carbonyl (C=O) groups excluding carboxylic acids is 1. The second-order valence-electron chi connectivity index (χ2n) is 7.91. The molecule has 8 heteroatoms. The molecular formula is C22H30N7O+. The van der Waals surface area contributed by atoms with Crippen LogP contribution in [0.25, 0.3) is 16.6 Å². The molecule has 0 aromatic carbocycles. The smallest absolute Gasteiger partial charge is 0.320 e. The van der Waals surface area contributed by atoms with Crippen molar-refractivity contribution in [3.8, 4) is 6.07 Å². The van der Waals surface area contributed by atoms with E-state index in [9.17, 15) is 10.1 Å². The Labute approximate surface area is 177 Å². The lowest BCUT2D eigenvalue weighted by Crippen LogP contribution is -2.78. The molecule has 0 atom stereocenters. The van der Waals surface area contributed by atoms with E-state index in [-0.39, 0.29) is 12.1 Å². The first-order valence-electron chi connectivity index (χ1n) is 10.5. The highest BCUT2D eigenvalue weighted by molar-refractivity contribution is 5.90. The van der Waals surface area contributed by atoms with Crippen LogP contribution in [0.5, 0.6) is 0 Å². The monoisotopic (exact) mass is 408 g/mol. The van der Waals surface area contributed by atoms with E-state index in [1.54, 1.807) is 12.3 Å². The summed E-state index contributed by atoms with van der Waals surface area (Å²) in [6.07, 6.45) is 8.95. The van der Waals surface area contributed by atoms with E-state index in [0.29, 0.717) is 28.0 Å². The van der Waals surface area contributed by atoms with Gasteiger partial charge in [-0.15, -0.1) is 0 Å². The van der Waals surface area contributed by atoms with Gasteiger partial charge in [0.15, 0.2) is 0 Å². The Morgan fingerprint density at radius 3 is 2.87 bits per heavy atom. The number of urea groups is 1. The summed E-state index contributed by atoms with van der Waals surface area (Å²) in [5, 5.41) is 17.4. The molecule has 1 saturated carbocycles. The van der Waals surface area contributed by atoms with Gasteiger partial charge in [-0.05, 0) is 45.1 Å². The first kappa shape index (κ1) is 21.7. The van der Waals surface area contributed by atoms with E-state index < -0.39 is 0 Å². The van der Waals surface area contributed by atoms with Crippen molar-refractivity contribution in [2.75, 3.05) is 32.5 Å². The molecule has 158 valence electrons. The first-order valence-corrected chi connectivity index (χ1v) is 10.5. The van der Waals surface area contributed by atoms with Gasteiger partial charge in [0.05, 0.1) is 17.6 Å².